The molecule has 0 bridgehead atoms. The third kappa shape index (κ3) is 3.49. The molecule has 2 aromatic rings. The summed E-state index contributed by atoms with van der Waals surface area (Å²) < 4.78 is 1.70. The molecule has 1 unspecified atom stereocenters. The molecule has 0 fully saturated rings. The van der Waals surface area contributed by atoms with Crippen LogP contribution in [0, 0.1) is 19.8 Å². The molecule has 0 saturated carbocycles. The van der Waals surface area contributed by atoms with Crippen molar-refractivity contribution in [2.45, 2.75) is 20.8 Å². The van der Waals surface area contributed by atoms with Crippen LogP contribution in [0.15, 0.2) is 24.4 Å². The van der Waals surface area contributed by atoms with Gasteiger partial charge in [-0.05, 0) is 32.0 Å². The van der Waals surface area contributed by atoms with Crippen LogP contribution in [0.2, 0.25) is 0 Å². The lowest BCUT2D eigenvalue weighted by atomic mass is 10.2. The summed E-state index contributed by atoms with van der Waals surface area (Å²) in [6, 6.07) is 5.28. The SMILES string of the molecule is Cc1cc(C)n(-c2ccc(C(=O)NCC(C)C(=O)O)cn2)n1. The summed E-state index contributed by atoms with van der Waals surface area (Å²) in [5, 5.41) is 15.7. The van der Waals surface area contributed by atoms with Crippen molar-refractivity contribution in [1.82, 2.24) is 20.1 Å². The van der Waals surface area contributed by atoms with Crippen molar-refractivity contribution >= 4 is 11.9 Å². The van der Waals surface area contributed by atoms with Gasteiger partial charge in [-0.2, -0.15) is 5.10 Å². The normalized spacial score (nSPS) is 12.0. The first-order chi connectivity index (χ1) is 10.4. The lowest BCUT2D eigenvalue weighted by molar-refractivity contribution is -0.140. The molecular formula is C15H18N4O3. The van der Waals surface area contributed by atoms with Gasteiger partial charge in [0.2, 0.25) is 0 Å². The number of rotatable bonds is 5. The van der Waals surface area contributed by atoms with Gasteiger partial charge in [-0.25, -0.2) is 9.67 Å². The number of nitrogens with zero attached hydrogens (tertiary/aromatic N) is 3. The highest BCUT2D eigenvalue weighted by molar-refractivity contribution is 5.94. The Bertz CT molecular complexity index is 691. The van der Waals surface area contributed by atoms with Crippen LogP contribution in [0.25, 0.3) is 5.82 Å². The number of nitrogens with one attached hydrogen (secondary N) is 1. The molecule has 0 radical (unpaired) electrons. The summed E-state index contributed by atoms with van der Waals surface area (Å²) in [5.41, 5.74) is 2.23. The Morgan fingerprint density at radius 2 is 2.09 bits per heavy atom. The molecule has 7 heteroatoms. The van der Waals surface area contributed by atoms with E-state index in [9.17, 15) is 9.59 Å². The predicted molar refractivity (Wildman–Crippen MR) is 80.0 cm³/mol. The van der Waals surface area contributed by atoms with E-state index >= 15 is 0 Å². The Kier molecular flexibility index (Phi) is 4.55. The van der Waals surface area contributed by atoms with Crippen molar-refractivity contribution in [2.24, 2.45) is 5.92 Å². The third-order valence-corrected chi connectivity index (χ3v) is 3.23. The number of carboxylic acids is 1. The van der Waals surface area contributed by atoms with Gasteiger partial charge >= 0.3 is 5.97 Å². The minimum Gasteiger partial charge on any atom is -0.481 e. The minimum absolute atomic E-state index is 0.0768. The van der Waals surface area contributed by atoms with Gasteiger partial charge in [-0.1, -0.05) is 6.92 Å². The second-order valence-corrected chi connectivity index (χ2v) is 5.19. The third-order valence-electron chi connectivity index (χ3n) is 3.23. The van der Waals surface area contributed by atoms with E-state index in [0.29, 0.717) is 11.4 Å². The van der Waals surface area contributed by atoms with Gasteiger partial charge in [0.1, 0.15) is 0 Å². The first-order valence-electron chi connectivity index (χ1n) is 6.89. The highest BCUT2D eigenvalue weighted by Crippen LogP contribution is 2.10. The molecule has 1 amide bonds. The molecule has 7 nitrogen and oxygen atoms in total. The second-order valence-electron chi connectivity index (χ2n) is 5.19. The fraction of sp³-hybridized carbons (Fsp3) is 0.333. The van der Waals surface area contributed by atoms with Crippen molar-refractivity contribution in [3.05, 3.63) is 41.3 Å². The molecule has 2 rings (SSSR count). The lowest BCUT2D eigenvalue weighted by Crippen LogP contribution is -2.31. The smallest absolute Gasteiger partial charge is 0.308 e. The van der Waals surface area contributed by atoms with E-state index in [1.807, 2.05) is 19.9 Å². The summed E-state index contributed by atoms with van der Waals surface area (Å²) >= 11 is 0. The number of aromatic nitrogens is 3. The topological polar surface area (TPSA) is 97.1 Å². The van der Waals surface area contributed by atoms with E-state index in [0.717, 1.165) is 11.4 Å². The Hall–Kier alpha value is -2.70. The van der Waals surface area contributed by atoms with Crippen molar-refractivity contribution in [3.8, 4) is 5.82 Å². The van der Waals surface area contributed by atoms with Crippen LogP contribution in [0.5, 0.6) is 0 Å². The quantitative estimate of drug-likeness (QED) is 0.868. The van der Waals surface area contributed by atoms with Crippen LogP contribution in [-0.2, 0) is 4.79 Å². The van der Waals surface area contributed by atoms with Crippen LogP contribution < -0.4 is 5.32 Å². The molecule has 0 aromatic carbocycles. The zero-order chi connectivity index (χ0) is 16.3. The first-order valence-corrected chi connectivity index (χ1v) is 6.89. The summed E-state index contributed by atoms with van der Waals surface area (Å²) in [4.78, 5) is 26.9. The first kappa shape index (κ1) is 15.7. The van der Waals surface area contributed by atoms with Crippen LogP contribution >= 0.6 is 0 Å². The molecule has 0 aliphatic carbocycles. The molecule has 0 saturated heterocycles. The molecule has 2 heterocycles. The molecule has 22 heavy (non-hydrogen) atoms. The maximum atomic E-state index is 11.9. The molecule has 2 aromatic heterocycles. The molecular weight excluding hydrogens is 284 g/mol. The van der Waals surface area contributed by atoms with Crippen molar-refractivity contribution in [2.75, 3.05) is 6.54 Å². The Morgan fingerprint density at radius 1 is 1.36 bits per heavy atom. The number of amides is 1. The van der Waals surface area contributed by atoms with Crippen LogP contribution in [0.1, 0.15) is 28.7 Å². The summed E-state index contributed by atoms with van der Waals surface area (Å²) in [6.45, 7) is 5.44. The average molecular weight is 302 g/mol. The number of carbonyl (C=O) groups excluding carboxylic acids is 1. The molecule has 0 aliphatic heterocycles. The minimum atomic E-state index is -0.946. The number of carbonyl (C=O) groups is 2. The summed E-state index contributed by atoms with van der Waals surface area (Å²) in [7, 11) is 0. The second kappa shape index (κ2) is 6.38. The summed E-state index contributed by atoms with van der Waals surface area (Å²) in [6.07, 6.45) is 1.45. The maximum Gasteiger partial charge on any atom is 0.308 e. The van der Waals surface area contributed by atoms with E-state index in [2.05, 4.69) is 15.4 Å². The zero-order valence-corrected chi connectivity index (χ0v) is 12.7. The monoisotopic (exact) mass is 302 g/mol. The van der Waals surface area contributed by atoms with Crippen molar-refractivity contribution in [3.63, 3.8) is 0 Å². The zero-order valence-electron chi connectivity index (χ0n) is 12.7. The Labute approximate surface area is 128 Å². The number of aliphatic carboxylic acids is 1. The lowest BCUT2D eigenvalue weighted by Gasteiger charge is -2.09. The van der Waals surface area contributed by atoms with Gasteiger partial charge in [0.15, 0.2) is 5.82 Å². The van der Waals surface area contributed by atoms with Crippen LogP contribution in [0.3, 0.4) is 0 Å². The maximum absolute atomic E-state index is 11.9. The highest BCUT2D eigenvalue weighted by atomic mass is 16.4. The van der Waals surface area contributed by atoms with E-state index in [-0.39, 0.29) is 12.5 Å². The number of hydrogen-bond donors (Lipinski definition) is 2. The standard InChI is InChI=1S/C15H18N4O3/c1-9(15(21)22)7-17-14(20)12-4-5-13(16-8-12)19-11(3)6-10(2)18-19/h4-6,8-9H,7H2,1-3H3,(H,17,20)(H,21,22). The largest absolute Gasteiger partial charge is 0.481 e. The number of aryl methyl sites for hydroxylation is 2. The Morgan fingerprint density at radius 3 is 2.59 bits per heavy atom. The van der Waals surface area contributed by atoms with Gasteiger partial charge < -0.3 is 10.4 Å². The molecule has 1 atom stereocenters. The fourth-order valence-electron chi connectivity index (χ4n) is 1.94. The van der Waals surface area contributed by atoms with Gasteiger partial charge in [0.25, 0.3) is 5.91 Å². The van der Waals surface area contributed by atoms with Crippen LogP contribution in [-0.4, -0.2) is 38.3 Å². The van der Waals surface area contributed by atoms with E-state index < -0.39 is 11.9 Å². The van der Waals surface area contributed by atoms with Crippen LogP contribution in [0.4, 0.5) is 0 Å². The van der Waals surface area contributed by atoms with Crippen molar-refractivity contribution < 1.29 is 14.7 Å². The highest BCUT2D eigenvalue weighted by Gasteiger charge is 2.13. The molecule has 0 spiro atoms. The molecule has 116 valence electrons. The molecule has 0 aliphatic rings. The Balaban J connectivity index is 2.07. The summed E-state index contributed by atoms with van der Waals surface area (Å²) in [5.74, 6) is -1.30. The number of hydrogen-bond acceptors (Lipinski definition) is 4. The predicted octanol–water partition coefficient (Wildman–Crippen LogP) is 1.33. The average Bonchev–Trinajstić information content (AvgIpc) is 2.83. The van der Waals surface area contributed by atoms with Gasteiger partial charge in [-0.3, -0.25) is 9.59 Å². The van der Waals surface area contributed by atoms with E-state index in [4.69, 9.17) is 5.11 Å². The fourth-order valence-corrected chi connectivity index (χ4v) is 1.94. The van der Waals surface area contributed by atoms with Crippen molar-refractivity contribution in [1.29, 1.82) is 0 Å². The number of carboxylic acid groups (broad SMARTS) is 1. The van der Waals surface area contributed by atoms with Gasteiger partial charge in [-0.15, -0.1) is 0 Å². The molecule has 2 N–H and O–H groups in total. The van der Waals surface area contributed by atoms with E-state index in [1.54, 1.807) is 16.8 Å². The number of pyridine rings is 1. The van der Waals surface area contributed by atoms with Gasteiger partial charge in [0, 0.05) is 18.4 Å². The van der Waals surface area contributed by atoms with E-state index in [1.165, 1.54) is 13.1 Å². The van der Waals surface area contributed by atoms with Gasteiger partial charge in [0.05, 0.1) is 17.2 Å².